The fourth-order valence-electron chi connectivity index (χ4n) is 1.43. The van der Waals surface area contributed by atoms with Crippen molar-refractivity contribution in [1.29, 1.82) is 0 Å². The SMILES string of the molecule is COC(=O)CC(=O)Nc1cc(-n2cnnn2)ccc1Cl. The summed E-state index contributed by atoms with van der Waals surface area (Å²) in [6, 6.07) is 4.87. The molecule has 104 valence electrons. The van der Waals surface area contributed by atoms with Crippen LogP contribution in [0.15, 0.2) is 24.5 Å². The van der Waals surface area contributed by atoms with Gasteiger partial charge < -0.3 is 10.1 Å². The van der Waals surface area contributed by atoms with Gasteiger partial charge in [-0.25, -0.2) is 4.68 Å². The number of carbonyl (C=O) groups is 2. The molecule has 20 heavy (non-hydrogen) atoms. The van der Waals surface area contributed by atoms with Gasteiger partial charge in [0.15, 0.2) is 0 Å². The molecule has 0 bridgehead atoms. The summed E-state index contributed by atoms with van der Waals surface area (Å²) in [6.45, 7) is 0. The predicted molar refractivity (Wildman–Crippen MR) is 69.4 cm³/mol. The predicted octanol–water partition coefficient (Wildman–Crippen LogP) is 0.817. The van der Waals surface area contributed by atoms with Gasteiger partial charge in [-0.1, -0.05) is 11.6 Å². The summed E-state index contributed by atoms with van der Waals surface area (Å²) in [7, 11) is 1.21. The topological polar surface area (TPSA) is 99.0 Å². The maximum Gasteiger partial charge on any atom is 0.315 e. The van der Waals surface area contributed by atoms with Gasteiger partial charge in [-0.3, -0.25) is 9.59 Å². The van der Waals surface area contributed by atoms with Gasteiger partial charge in [-0.2, -0.15) is 0 Å². The monoisotopic (exact) mass is 295 g/mol. The second-order valence-corrected chi connectivity index (χ2v) is 4.13. The third-order valence-corrected chi connectivity index (χ3v) is 2.70. The zero-order chi connectivity index (χ0) is 14.5. The van der Waals surface area contributed by atoms with Gasteiger partial charge in [0.1, 0.15) is 12.7 Å². The lowest BCUT2D eigenvalue weighted by atomic mass is 10.2. The Bertz CT molecular complexity index is 629. The number of benzene rings is 1. The van der Waals surface area contributed by atoms with Crippen LogP contribution in [0, 0.1) is 0 Å². The Morgan fingerprint density at radius 3 is 2.90 bits per heavy atom. The molecule has 0 atom stereocenters. The second kappa shape index (κ2) is 6.11. The lowest BCUT2D eigenvalue weighted by Crippen LogP contribution is -2.17. The number of hydrogen-bond acceptors (Lipinski definition) is 6. The lowest BCUT2D eigenvalue weighted by molar-refractivity contribution is -0.142. The Labute approximate surface area is 118 Å². The first-order valence-electron chi connectivity index (χ1n) is 5.49. The molecule has 9 heteroatoms. The number of rotatable bonds is 4. The minimum Gasteiger partial charge on any atom is -0.469 e. The molecule has 2 rings (SSSR count). The highest BCUT2D eigenvalue weighted by Crippen LogP contribution is 2.24. The number of hydrogen-bond donors (Lipinski definition) is 1. The summed E-state index contributed by atoms with van der Waals surface area (Å²) in [4.78, 5) is 22.6. The molecule has 0 fully saturated rings. The van der Waals surface area contributed by atoms with Crippen molar-refractivity contribution in [2.24, 2.45) is 0 Å². The molecule has 0 saturated carbocycles. The average Bonchev–Trinajstić information content (AvgIpc) is 2.95. The van der Waals surface area contributed by atoms with Gasteiger partial charge in [-0.15, -0.1) is 5.10 Å². The first-order chi connectivity index (χ1) is 9.60. The molecule has 0 unspecified atom stereocenters. The standard InChI is InChI=1S/C11H10ClN5O3/c1-20-11(19)5-10(18)14-9-4-7(2-3-8(9)12)17-6-13-15-16-17/h2-4,6H,5H2,1H3,(H,14,18). The summed E-state index contributed by atoms with van der Waals surface area (Å²) in [5.41, 5.74) is 0.973. The van der Waals surface area contributed by atoms with E-state index in [0.29, 0.717) is 16.4 Å². The van der Waals surface area contributed by atoms with Crippen molar-refractivity contribution in [3.05, 3.63) is 29.5 Å². The Morgan fingerprint density at radius 2 is 2.25 bits per heavy atom. The maximum atomic E-state index is 11.6. The molecule has 8 nitrogen and oxygen atoms in total. The summed E-state index contributed by atoms with van der Waals surface area (Å²) in [6.07, 6.45) is 1.02. The van der Waals surface area contributed by atoms with Crippen molar-refractivity contribution < 1.29 is 14.3 Å². The van der Waals surface area contributed by atoms with Gasteiger partial charge in [0.2, 0.25) is 5.91 Å². The summed E-state index contributed by atoms with van der Waals surface area (Å²) >= 11 is 5.98. The number of aromatic nitrogens is 4. The molecule has 1 N–H and O–H groups in total. The number of amides is 1. The van der Waals surface area contributed by atoms with Crippen LogP contribution in [0.2, 0.25) is 5.02 Å². The first-order valence-corrected chi connectivity index (χ1v) is 5.87. The van der Waals surface area contributed by atoms with E-state index in [-0.39, 0.29) is 6.42 Å². The molecule has 1 heterocycles. The minimum atomic E-state index is -0.629. The number of methoxy groups -OCH3 is 1. The van der Waals surface area contributed by atoms with E-state index < -0.39 is 11.9 Å². The number of esters is 1. The van der Waals surface area contributed by atoms with E-state index in [4.69, 9.17) is 11.6 Å². The number of nitrogens with one attached hydrogen (secondary N) is 1. The molecule has 1 amide bonds. The van der Waals surface area contributed by atoms with Crippen LogP contribution in [0.4, 0.5) is 5.69 Å². The largest absolute Gasteiger partial charge is 0.469 e. The Morgan fingerprint density at radius 1 is 1.45 bits per heavy atom. The number of anilines is 1. The lowest BCUT2D eigenvalue weighted by Gasteiger charge is -2.08. The molecular formula is C11H10ClN5O3. The van der Waals surface area contributed by atoms with Crippen LogP contribution in [0.3, 0.4) is 0 Å². The van der Waals surface area contributed by atoms with Crippen molar-refractivity contribution in [3.8, 4) is 5.69 Å². The fourth-order valence-corrected chi connectivity index (χ4v) is 1.59. The normalized spacial score (nSPS) is 10.1. The van der Waals surface area contributed by atoms with E-state index in [0.717, 1.165) is 0 Å². The molecule has 1 aromatic heterocycles. The van der Waals surface area contributed by atoms with E-state index in [2.05, 4.69) is 25.6 Å². The maximum absolute atomic E-state index is 11.6. The van der Waals surface area contributed by atoms with Crippen LogP contribution in [-0.2, 0) is 14.3 Å². The molecule has 0 aliphatic heterocycles. The van der Waals surface area contributed by atoms with Crippen molar-refractivity contribution in [2.45, 2.75) is 6.42 Å². The van der Waals surface area contributed by atoms with Crippen molar-refractivity contribution >= 4 is 29.2 Å². The number of carbonyl (C=O) groups excluding carboxylic acids is 2. The van der Waals surface area contributed by atoms with Crippen LogP contribution >= 0.6 is 11.6 Å². The minimum absolute atomic E-state index is 0.333. The van der Waals surface area contributed by atoms with E-state index in [1.807, 2.05) is 0 Å². The summed E-state index contributed by atoms with van der Waals surface area (Å²) in [5.74, 6) is -1.15. The van der Waals surface area contributed by atoms with Crippen LogP contribution in [0.5, 0.6) is 0 Å². The molecule has 0 saturated heterocycles. The Kier molecular flexibility index (Phi) is 4.26. The highest BCUT2D eigenvalue weighted by molar-refractivity contribution is 6.33. The van der Waals surface area contributed by atoms with Gasteiger partial charge in [-0.05, 0) is 28.6 Å². The average molecular weight is 296 g/mol. The summed E-state index contributed by atoms with van der Waals surface area (Å²) < 4.78 is 5.82. The Hall–Kier alpha value is -2.48. The van der Waals surface area contributed by atoms with Crippen molar-refractivity contribution in [3.63, 3.8) is 0 Å². The van der Waals surface area contributed by atoms with E-state index in [9.17, 15) is 9.59 Å². The molecule has 0 aliphatic carbocycles. The smallest absolute Gasteiger partial charge is 0.315 e. The molecule has 0 radical (unpaired) electrons. The van der Waals surface area contributed by atoms with Crippen LogP contribution in [0.25, 0.3) is 5.69 Å². The van der Waals surface area contributed by atoms with Crippen molar-refractivity contribution in [2.75, 3.05) is 12.4 Å². The first kappa shape index (κ1) is 13.9. The van der Waals surface area contributed by atoms with E-state index >= 15 is 0 Å². The third-order valence-electron chi connectivity index (χ3n) is 2.37. The molecule has 1 aromatic carbocycles. The van der Waals surface area contributed by atoms with E-state index in [1.54, 1.807) is 18.2 Å². The van der Waals surface area contributed by atoms with Gasteiger partial charge in [0.05, 0.1) is 23.5 Å². The molecular weight excluding hydrogens is 286 g/mol. The van der Waals surface area contributed by atoms with Crippen LogP contribution in [0.1, 0.15) is 6.42 Å². The highest BCUT2D eigenvalue weighted by Gasteiger charge is 2.12. The highest BCUT2D eigenvalue weighted by atomic mass is 35.5. The fraction of sp³-hybridized carbons (Fsp3) is 0.182. The zero-order valence-electron chi connectivity index (χ0n) is 10.4. The number of halogens is 1. The number of ether oxygens (including phenoxy) is 1. The quantitative estimate of drug-likeness (QED) is 0.662. The van der Waals surface area contributed by atoms with E-state index in [1.165, 1.54) is 18.1 Å². The number of tetrazole rings is 1. The van der Waals surface area contributed by atoms with Gasteiger partial charge >= 0.3 is 5.97 Å². The second-order valence-electron chi connectivity index (χ2n) is 3.72. The van der Waals surface area contributed by atoms with Crippen LogP contribution in [-0.4, -0.2) is 39.2 Å². The third kappa shape index (κ3) is 3.29. The van der Waals surface area contributed by atoms with Crippen molar-refractivity contribution in [1.82, 2.24) is 20.2 Å². The summed E-state index contributed by atoms with van der Waals surface area (Å²) in [5, 5.41) is 13.6. The van der Waals surface area contributed by atoms with Gasteiger partial charge in [0, 0.05) is 0 Å². The zero-order valence-corrected chi connectivity index (χ0v) is 11.2. The Balaban J connectivity index is 2.17. The molecule has 0 spiro atoms. The molecule has 0 aliphatic rings. The number of nitrogens with zero attached hydrogens (tertiary/aromatic N) is 4. The molecule has 2 aromatic rings. The van der Waals surface area contributed by atoms with Crippen LogP contribution < -0.4 is 5.32 Å². The van der Waals surface area contributed by atoms with Gasteiger partial charge in [0.25, 0.3) is 0 Å².